The van der Waals surface area contributed by atoms with Gasteiger partial charge in [0, 0.05) is 26.0 Å². The summed E-state index contributed by atoms with van der Waals surface area (Å²) in [6.07, 6.45) is 3.28. The monoisotopic (exact) mass is 251 g/mol. The molecule has 6 nitrogen and oxygen atoms in total. The number of hydrogen-bond donors (Lipinski definition) is 1. The van der Waals surface area contributed by atoms with Crippen molar-refractivity contribution in [2.24, 2.45) is 5.73 Å². The smallest absolute Gasteiger partial charge is 0.332 e. The van der Waals surface area contributed by atoms with Gasteiger partial charge in [-0.05, 0) is 24.6 Å². The highest BCUT2D eigenvalue weighted by Gasteiger charge is 2.26. The quantitative estimate of drug-likeness (QED) is 0.585. The van der Waals surface area contributed by atoms with Crippen LogP contribution in [-0.2, 0) is 20.9 Å². The summed E-state index contributed by atoms with van der Waals surface area (Å²) in [6, 6.07) is 2.32. The van der Waals surface area contributed by atoms with Gasteiger partial charge in [-0.2, -0.15) is 0 Å². The third-order valence-electron chi connectivity index (χ3n) is 2.35. The summed E-state index contributed by atoms with van der Waals surface area (Å²) in [4.78, 5) is 28.5. The van der Waals surface area contributed by atoms with Gasteiger partial charge in [-0.3, -0.25) is 9.78 Å². The van der Waals surface area contributed by atoms with Crippen LogP contribution in [0.4, 0.5) is 0 Å². The molecule has 98 valence electrons. The second-order valence-electron chi connectivity index (χ2n) is 3.78. The van der Waals surface area contributed by atoms with Gasteiger partial charge in [-0.15, -0.1) is 0 Å². The molecule has 1 amide bonds. The Hall–Kier alpha value is -1.95. The van der Waals surface area contributed by atoms with Crippen molar-refractivity contribution >= 4 is 11.9 Å². The highest BCUT2D eigenvalue weighted by atomic mass is 16.5. The Kier molecular flexibility index (Phi) is 5.26. The molecule has 0 saturated carbocycles. The molecule has 0 radical (unpaired) electrons. The third kappa shape index (κ3) is 3.81. The number of likely N-dealkylation sites (N-methyl/N-ethyl adjacent to an activating group) is 1. The Bertz CT molecular complexity index is 408. The number of nitrogens with two attached hydrogens (primary N) is 1. The molecule has 0 spiro atoms. The number of pyridine rings is 1. The zero-order valence-electron chi connectivity index (χ0n) is 10.5. The van der Waals surface area contributed by atoms with Gasteiger partial charge in [0.05, 0.1) is 6.61 Å². The van der Waals surface area contributed by atoms with Crippen molar-refractivity contribution in [1.82, 2.24) is 9.88 Å². The van der Waals surface area contributed by atoms with E-state index < -0.39 is 17.9 Å². The molecular weight excluding hydrogens is 234 g/mol. The molecule has 1 aromatic rings. The molecule has 1 aromatic heterocycles. The minimum absolute atomic E-state index is 0.202. The minimum atomic E-state index is -1.27. The Morgan fingerprint density at radius 2 is 2.06 bits per heavy atom. The van der Waals surface area contributed by atoms with Crippen molar-refractivity contribution in [2.75, 3.05) is 13.7 Å². The van der Waals surface area contributed by atoms with Crippen molar-refractivity contribution in [2.45, 2.75) is 19.5 Å². The first kappa shape index (κ1) is 14.1. The van der Waals surface area contributed by atoms with Crippen molar-refractivity contribution in [3.63, 3.8) is 0 Å². The van der Waals surface area contributed by atoms with Crippen LogP contribution in [-0.4, -0.2) is 41.5 Å². The third-order valence-corrected chi connectivity index (χ3v) is 2.35. The Balaban J connectivity index is 2.58. The van der Waals surface area contributed by atoms with Gasteiger partial charge < -0.3 is 15.4 Å². The summed E-state index contributed by atoms with van der Waals surface area (Å²) in [7, 11) is 1.59. The standard InChI is InChI=1S/C12H17N3O3/c1-3-18-12(17)10(13)11(16)15(2)8-9-4-6-14-7-5-9/h4-7,10H,3,8,13H2,1-2H3. The first-order chi connectivity index (χ1) is 8.56. The molecule has 0 saturated heterocycles. The van der Waals surface area contributed by atoms with Crippen LogP contribution in [0.1, 0.15) is 12.5 Å². The van der Waals surface area contributed by atoms with Gasteiger partial charge in [0.2, 0.25) is 0 Å². The van der Waals surface area contributed by atoms with Crippen LogP contribution >= 0.6 is 0 Å². The fourth-order valence-electron chi connectivity index (χ4n) is 1.41. The van der Waals surface area contributed by atoms with Crippen LogP contribution in [0, 0.1) is 0 Å². The summed E-state index contributed by atoms with van der Waals surface area (Å²) in [5.41, 5.74) is 6.44. The van der Waals surface area contributed by atoms with E-state index >= 15 is 0 Å². The lowest BCUT2D eigenvalue weighted by atomic mass is 10.2. The van der Waals surface area contributed by atoms with E-state index in [2.05, 4.69) is 4.98 Å². The van der Waals surface area contributed by atoms with Gasteiger partial charge in [-0.1, -0.05) is 0 Å². The maximum Gasteiger partial charge on any atom is 0.332 e. The van der Waals surface area contributed by atoms with E-state index in [1.807, 2.05) is 0 Å². The molecule has 6 heteroatoms. The molecule has 0 aliphatic heterocycles. The second kappa shape index (κ2) is 6.70. The normalized spacial score (nSPS) is 11.7. The van der Waals surface area contributed by atoms with E-state index in [4.69, 9.17) is 10.5 Å². The fourth-order valence-corrected chi connectivity index (χ4v) is 1.41. The molecule has 1 atom stereocenters. The topological polar surface area (TPSA) is 85.5 Å². The number of nitrogens with zero attached hydrogens (tertiary/aromatic N) is 2. The average molecular weight is 251 g/mol. The lowest BCUT2D eigenvalue weighted by Crippen LogP contribution is -2.47. The SMILES string of the molecule is CCOC(=O)C(N)C(=O)N(C)Cc1ccncc1. The van der Waals surface area contributed by atoms with E-state index in [1.54, 1.807) is 38.5 Å². The number of amides is 1. The van der Waals surface area contributed by atoms with Crippen LogP contribution in [0.25, 0.3) is 0 Å². The Labute approximate surface area is 106 Å². The molecule has 1 heterocycles. The molecule has 0 aromatic carbocycles. The number of aromatic nitrogens is 1. The van der Waals surface area contributed by atoms with E-state index in [1.165, 1.54) is 4.90 Å². The van der Waals surface area contributed by atoms with Crippen LogP contribution in [0.5, 0.6) is 0 Å². The van der Waals surface area contributed by atoms with E-state index in [-0.39, 0.29) is 6.61 Å². The second-order valence-corrected chi connectivity index (χ2v) is 3.78. The lowest BCUT2D eigenvalue weighted by Gasteiger charge is -2.20. The molecule has 0 fully saturated rings. The van der Waals surface area contributed by atoms with Crippen LogP contribution in [0.15, 0.2) is 24.5 Å². The zero-order chi connectivity index (χ0) is 13.5. The molecule has 0 aliphatic rings. The maximum absolute atomic E-state index is 11.8. The van der Waals surface area contributed by atoms with Gasteiger partial charge >= 0.3 is 5.97 Å². The Morgan fingerprint density at radius 1 is 1.44 bits per heavy atom. The largest absolute Gasteiger partial charge is 0.464 e. The summed E-state index contributed by atoms with van der Waals surface area (Å²) in [5.74, 6) is -1.17. The summed E-state index contributed by atoms with van der Waals surface area (Å²) < 4.78 is 4.70. The van der Waals surface area contributed by atoms with E-state index in [0.717, 1.165) is 5.56 Å². The van der Waals surface area contributed by atoms with Gasteiger partial charge in [0.15, 0.2) is 6.04 Å². The summed E-state index contributed by atoms with van der Waals surface area (Å²) in [5, 5.41) is 0. The van der Waals surface area contributed by atoms with Gasteiger partial charge in [0.25, 0.3) is 5.91 Å². The number of carbonyl (C=O) groups is 2. The predicted molar refractivity (Wildman–Crippen MR) is 65.3 cm³/mol. The maximum atomic E-state index is 11.8. The average Bonchev–Trinajstić information content (AvgIpc) is 2.38. The fraction of sp³-hybridized carbons (Fsp3) is 0.417. The van der Waals surface area contributed by atoms with E-state index in [9.17, 15) is 9.59 Å². The molecule has 0 bridgehead atoms. The molecule has 18 heavy (non-hydrogen) atoms. The first-order valence-electron chi connectivity index (χ1n) is 5.62. The molecule has 1 rings (SSSR count). The molecule has 1 unspecified atom stereocenters. The molecular formula is C12H17N3O3. The minimum Gasteiger partial charge on any atom is -0.464 e. The first-order valence-corrected chi connectivity index (χ1v) is 5.62. The van der Waals surface area contributed by atoms with E-state index in [0.29, 0.717) is 6.54 Å². The highest BCUT2D eigenvalue weighted by Crippen LogP contribution is 2.03. The summed E-state index contributed by atoms with van der Waals surface area (Å²) in [6.45, 7) is 2.23. The molecule has 0 aliphatic carbocycles. The van der Waals surface area contributed by atoms with Crippen molar-refractivity contribution in [3.8, 4) is 0 Å². The van der Waals surface area contributed by atoms with Crippen molar-refractivity contribution in [1.29, 1.82) is 0 Å². The predicted octanol–water partition coefficient (Wildman–Crippen LogP) is -0.0696. The van der Waals surface area contributed by atoms with Crippen LogP contribution < -0.4 is 5.73 Å². The van der Waals surface area contributed by atoms with Gasteiger partial charge in [-0.25, -0.2) is 4.79 Å². The number of rotatable bonds is 5. The van der Waals surface area contributed by atoms with Crippen molar-refractivity contribution < 1.29 is 14.3 Å². The van der Waals surface area contributed by atoms with Crippen LogP contribution in [0.3, 0.4) is 0 Å². The number of carbonyl (C=O) groups excluding carboxylic acids is 2. The lowest BCUT2D eigenvalue weighted by molar-refractivity contribution is -0.150. The molecule has 2 N–H and O–H groups in total. The number of ether oxygens (including phenoxy) is 1. The number of hydrogen-bond acceptors (Lipinski definition) is 5. The number of esters is 1. The Morgan fingerprint density at radius 3 is 2.61 bits per heavy atom. The zero-order valence-corrected chi connectivity index (χ0v) is 10.5. The summed E-state index contributed by atoms with van der Waals surface area (Å²) >= 11 is 0. The van der Waals surface area contributed by atoms with Crippen LogP contribution in [0.2, 0.25) is 0 Å². The van der Waals surface area contributed by atoms with Crippen molar-refractivity contribution in [3.05, 3.63) is 30.1 Å². The van der Waals surface area contributed by atoms with Gasteiger partial charge in [0.1, 0.15) is 0 Å². The highest BCUT2D eigenvalue weighted by molar-refractivity contribution is 6.01.